The third kappa shape index (κ3) is 4.75. The van der Waals surface area contributed by atoms with Crippen molar-refractivity contribution in [3.8, 4) is 11.4 Å². The fourth-order valence-corrected chi connectivity index (χ4v) is 3.68. The molecule has 1 atom stereocenters. The van der Waals surface area contributed by atoms with Gasteiger partial charge in [-0.25, -0.2) is 0 Å². The van der Waals surface area contributed by atoms with Crippen LogP contribution in [0.4, 0.5) is 0 Å². The van der Waals surface area contributed by atoms with Crippen LogP contribution >= 0.6 is 15.9 Å². The molecule has 1 saturated heterocycles. The average Bonchev–Trinajstić information content (AvgIpc) is 3.36. The summed E-state index contributed by atoms with van der Waals surface area (Å²) in [6.07, 6.45) is 2.25. The molecule has 144 valence electrons. The van der Waals surface area contributed by atoms with Gasteiger partial charge in [-0.15, -0.1) is 0 Å². The first-order chi connectivity index (χ1) is 13.1. The maximum Gasteiger partial charge on any atom is 0.241 e. The largest absolute Gasteiger partial charge is 0.352 e. The lowest BCUT2D eigenvalue weighted by molar-refractivity contribution is -0.126. The average molecular weight is 434 g/mol. The number of carbonyl (C=O) groups is 1. The number of nitrogens with zero attached hydrogens (tertiary/aromatic N) is 4. The Balaban J connectivity index is 1.28. The Morgan fingerprint density at radius 3 is 2.81 bits per heavy atom. The van der Waals surface area contributed by atoms with E-state index in [1.54, 1.807) is 0 Å². The summed E-state index contributed by atoms with van der Waals surface area (Å²) in [5.74, 6) is 1.38. The van der Waals surface area contributed by atoms with Crippen molar-refractivity contribution in [3.63, 3.8) is 0 Å². The van der Waals surface area contributed by atoms with Gasteiger partial charge in [-0.1, -0.05) is 33.2 Å². The van der Waals surface area contributed by atoms with Crippen molar-refractivity contribution in [2.75, 3.05) is 26.2 Å². The predicted molar refractivity (Wildman–Crippen MR) is 105 cm³/mol. The lowest BCUT2D eigenvalue weighted by Gasteiger charge is -2.36. The molecule has 4 rings (SSSR count). The molecule has 2 heterocycles. The van der Waals surface area contributed by atoms with E-state index >= 15 is 0 Å². The number of benzene rings is 1. The molecule has 1 amide bonds. The third-order valence-corrected chi connectivity index (χ3v) is 5.66. The first-order valence-electron chi connectivity index (χ1n) is 9.44. The van der Waals surface area contributed by atoms with E-state index in [-0.39, 0.29) is 11.9 Å². The standard InChI is InChI=1S/C19H24BrN5O2/c1-13(19(26)21-16-5-6-16)25-9-7-24(8-10-25)12-17-22-18(23-27-17)14-3-2-4-15(20)11-14/h2-4,11,13,16H,5-10,12H2,1H3,(H,21,26). The molecule has 2 fully saturated rings. The number of carbonyl (C=O) groups excluding carboxylic acids is 1. The molecule has 1 aromatic carbocycles. The van der Waals surface area contributed by atoms with Gasteiger partial charge in [-0.05, 0) is 31.9 Å². The molecule has 1 aliphatic heterocycles. The van der Waals surface area contributed by atoms with Gasteiger partial charge < -0.3 is 9.84 Å². The van der Waals surface area contributed by atoms with E-state index < -0.39 is 0 Å². The Hall–Kier alpha value is -1.77. The number of rotatable bonds is 6. The molecule has 0 bridgehead atoms. The van der Waals surface area contributed by atoms with Crippen molar-refractivity contribution in [2.24, 2.45) is 0 Å². The van der Waals surface area contributed by atoms with Crippen molar-refractivity contribution < 1.29 is 9.32 Å². The lowest BCUT2D eigenvalue weighted by Crippen LogP contribution is -2.53. The monoisotopic (exact) mass is 433 g/mol. The van der Waals surface area contributed by atoms with Crippen LogP contribution in [0.5, 0.6) is 0 Å². The first-order valence-corrected chi connectivity index (χ1v) is 10.2. The van der Waals surface area contributed by atoms with E-state index in [0.29, 0.717) is 24.3 Å². The summed E-state index contributed by atoms with van der Waals surface area (Å²) in [7, 11) is 0. The number of nitrogens with one attached hydrogen (secondary N) is 1. The van der Waals surface area contributed by atoms with Crippen molar-refractivity contribution >= 4 is 21.8 Å². The van der Waals surface area contributed by atoms with Crippen LogP contribution < -0.4 is 5.32 Å². The Morgan fingerprint density at radius 1 is 1.33 bits per heavy atom. The molecule has 0 radical (unpaired) electrons. The van der Waals surface area contributed by atoms with E-state index in [9.17, 15) is 4.79 Å². The van der Waals surface area contributed by atoms with E-state index in [1.807, 2.05) is 31.2 Å². The van der Waals surface area contributed by atoms with Gasteiger partial charge in [0.2, 0.25) is 17.6 Å². The van der Waals surface area contributed by atoms with Crippen LogP contribution in [0, 0.1) is 0 Å². The zero-order chi connectivity index (χ0) is 18.8. The third-order valence-electron chi connectivity index (χ3n) is 5.17. The van der Waals surface area contributed by atoms with Crippen LogP contribution in [0.15, 0.2) is 33.3 Å². The zero-order valence-corrected chi connectivity index (χ0v) is 17.0. The molecular formula is C19H24BrN5O2. The fourth-order valence-electron chi connectivity index (χ4n) is 3.28. The maximum absolute atomic E-state index is 12.2. The topological polar surface area (TPSA) is 74.5 Å². The molecule has 1 N–H and O–H groups in total. The van der Waals surface area contributed by atoms with Gasteiger partial charge in [-0.3, -0.25) is 14.6 Å². The summed E-state index contributed by atoms with van der Waals surface area (Å²) in [4.78, 5) is 21.3. The van der Waals surface area contributed by atoms with Gasteiger partial charge in [0.05, 0.1) is 12.6 Å². The van der Waals surface area contributed by atoms with Crippen LogP contribution in [0.25, 0.3) is 11.4 Å². The maximum atomic E-state index is 12.2. The Bertz CT molecular complexity index is 799. The molecule has 0 spiro atoms. The summed E-state index contributed by atoms with van der Waals surface area (Å²) in [6.45, 7) is 6.14. The molecule has 2 aromatic rings. The second kappa shape index (κ2) is 8.08. The first kappa shape index (κ1) is 18.6. The van der Waals surface area contributed by atoms with Gasteiger partial charge in [0.15, 0.2) is 0 Å². The molecule has 8 heteroatoms. The second-order valence-corrected chi connectivity index (χ2v) is 8.21. The van der Waals surface area contributed by atoms with Crippen molar-refractivity contribution in [1.82, 2.24) is 25.3 Å². The highest BCUT2D eigenvalue weighted by molar-refractivity contribution is 9.10. The van der Waals surface area contributed by atoms with Gasteiger partial charge in [0, 0.05) is 42.3 Å². The van der Waals surface area contributed by atoms with Gasteiger partial charge in [0.25, 0.3) is 0 Å². The second-order valence-electron chi connectivity index (χ2n) is 7.29. The normalized spacial score (nSPS) is 19.8. The Labute approximate surface area is 167 Å². The number of halogens is 1. The molecule has 7 nitrogen and oxygen atoms in total. The van der Waals surface area contributed by atoms with E-state index in [1.165, 1.54) is 0 Å². The summed E-state index contributed by atoms with van der Waals surface area (Å²) in [5.41, 5.74) is 0.930. The van der Waals surface area contributed by atoms with Crippen LogP contribution in [-0.2, 0) is 11.3 Å². The van der Waals surface area contributed by atoms with Crippen molar-refractivity contribution in [1.29, 1.82) is 0 Å². The lowest BCUT2D eigenvalue weighted by atomic mass is 10.2. The zero-order valence-electron chi connectivity index (χ0n) is 15.4. The molecule has 2 aliphatic rings. The Morgan fingerprint density at radius 2 is 2.11 bits per heavy atom. The summed E-state index contributed by atoms with van der Waals surface area (Å²) in [6, 6.07) is 8.20. The van der Waals surface area contributed by atoms with Crippen LogP contribution in [0.2, 0.25) is 0 Å². The Kier molecular flexibility index (Phi) is 5.56. The number of amides is 1. The minimum atomic E-state index is -0.0701. The van der Waals surface area contributed by atoms with E-state index in [2.05, 4.69) is 41.2 Å². The number of aromatic nitrogens is 2. The molecule has 27 heavy (non-hydrogen) atoms. The fraction of sp³-hybridized carbons (Fsp3) is 0.526. The molecular weight excluding hydrogens is 410 g/mol. The van der Waals surface area contributed by atoms with Crippen LogP contribution in [0.3, 0.4) is 0 Å². The van der Waals surface area contributed by atoms with Crippen molar-refractivity contribution in [2.45, 2.75) is 38.4 Å². The van der Waals surface area contributed by atoms with E-state index in [4.69, 9.17) is 4.52 Å². The molecule has 1 aliphatic carbocycles. The number of hydrogen-bond acceptors (Lipinski definition) is 6. The highest BCUT2D eigenvalue weighted by Crippen LogP contribution is 2.21. The quantitative estimate of drug-likeness (QED) is 0.752. The van der Waals surface area contributed by atoms with E-state index in [0.717, 1.165) is 49.1 Å². The highest BCUT2D eigenvalue weighted by atomic mass is 79.9. The van der Waals surface area contributed by atoms with Crippen LogP contribution in [0.1, 0.15) is 25.7 Å². The smallest absolute Gasteiger partial charge is 0.241 e. The number of piperazine rings is 1. The molecule has 1 saturated carbocycles. The van der Waals surface area contributed by atoms with Gasteiger partial charge in [-0.2, -0.15) is 4.98 Å². The van der Waals surface area contributed by atoms with Crippen LogP contribution in [-0.4, -0.2) is 64.1 Å². The van der Waals surface area contributed by atoms with Crippen molar-refractivity contribution in [3.05, 3.63) is 34.6 Å². The number of hydrogen-bond donors (Lipinski definition) is 1. The SMILES string of the molecule is CC(C(=O)NC1CC1)N1CCN(Cc2nc(-c3cccc(Br)c3)no2)CC1. The summed E-state index contributed by atoms with van der Waals surface area (Å²) >= 11 is 3.46. The summed E-state index contributed by atoms with van der Waals surface area (Å²) in [5, 5.41) is 7.19. The van der Waals surface area contributed by atoms with Gasteiger partial charge >= 0.3 is 0 Å². The highest BCUT2D eigenvalue weighted by Gasteiger charge is 2.30. The predicted octanol–water partition coefficient (Wildman–Crippen LogP) is 2.28. The minimum Gasteiger partial charge on any atom is -0.352 e. The molecule has 1 unspecified atom stereocenters. The minimum absolute atomic E-state index is 0.0701. The summed E-state index contributed by atoms with van der Waals surface area (Å²) < 4.78 is 6.42. The molecule has 1 aromatic heterocycles. The van der Waals surface area contributed by atoms with Gasteiger partial charge in [0.1, 0.15) is 0 Å².